The van der Waals surface area contributed by atoms with Crippen LogP contribution >= 0.6 is 11.3 Å². The fourth-order valence-corrected chi connectivity index (χ4v) is 8.81. The van der Waals surface area contributed by atoms with E-state index >= 15 is 0 Å². The van der Waals surface area contributed by atoms with E-state index in [-0.39, 0.29) is 23.6 Å². The smallest absolute Gasteiger partial charge is 0.360 e. The number of nitrogens with one attached hydrogen (secondary N) is 1. The van der Waals surface area contributed by atoms with Gasteiger partial charge in [0.15, 0.2) is 10.9 Å². The molecule has 340 valence electrons. The van der Waals surface area contributed by atoms with E-state index in [1.54, 1.807) is 11.6 Å². The van der Waals surface area contributed by atoms with Gasteiger partial charge in [-0.1, -0.05) is 212 Å². The van der Waals surface area contributed by atoms with Gasteiger partial charge in [-0.3, -0.25) is 4.84 Å². The van der Waals surface area contributed by atoms with Gasteiger partial charge in [0.25, 0.3) is 0 Å². The van der Waals surface area contributed by atoms with Gasteiger partial charge in [-0.05, 0) is 50.2 Å². The van der Waals surface area contributed by atoms with Gasteiger partial charge in [-0.2, -0.15) is 4.89 Å². The van der Waals surface area contributed by atoms with Crippen LogP contribution in [-0.2, 0) is 34.6 Å². The van der Waals surface area contributed by atoms with E-state index in [1.165, 1.54) is 22.5 Å². The van der Waals surface area contributed by atoms with E-state index in [2.05, 4.69) is 10.5 Å². The lowest BCUT2D eigenvalue weighted by atomic mass is 9.77. The van der Waals surface area contributed by atoms with Gasteiger partial charge in [0, 0.05) is 5.38 Å². The zero-order chi connectivity index (χ0) is 47.3. The molecule has 9 rings (SSSR count). The number of carbonyl (C=O) groups excluding carboxylic acids is 1. The molecule has 7 aromatic carbocycles. The number of carboxylic acids is 1. The lowest BCUT2D eigenvalue weighted by Crippen LogP contribution is -2.38. The average molecular weight is 929 g/mol. The van der Waals surface area contributed by atoms with Crippen molar-refractivity contribution in [2.24, 2.45) is 5.16 Å². The Labute approximate surface area is 403 Å². The Kier molecular flexibility index (Phi) is 14.4. The molecule has 2 heterocycles. The van der Waals surface area contributed by atoms with Crippen LogP contribution in [0.2, 0.25) is 0 Å². The Morgan fingerprint density at radius 3 is 1.52 bits per heavy atom. The average Bonchev–Trinajstić information content (AvgIpc) is 3.88. The Morgan fingerprint density at radius 1 is 0.652 bits per heavy atom. The molecule has 0 spiro atoms. The van der Waals surface area contributed by atoms with E-state index in [9.17, 15) is 14.7 Å². The number of aliphatic carboxylic acids is 1. The number of thiazole rings is 1. The highest BCUT2D eigenvalue weighted by Crippen LogP contribution is 2.41. The van der Waals surface area contributed by atoms with Crippen molar-refractivity contribution < 1.29 is 34.1 Å². The van der Waals surface area contributed by atoms with Gasteiger partial charge in [-0.15, -0.1) is 11.3 Å². The minimum Gasteiger partial charge on any atom is -0.478 e. The minimum absolute atomic E-state index is 0.0411. The summed E-state index contributed by atoms with van der Waals surface area (Å²) in [6.45, 7) is -0.361. The molecule has 8 aromatic rings. The molecule has 0 amide bonds. The lowest BCUT2D eigenvalue weighted by molar-refractivity contribution is -0.295. The van der Waals surface area contributed by atoms with Crippen molar-refractivity contribution in [2.45, 2.75) is 17.7 Å². The molecule has 1 aliphatic rings. The lowest BCUT2D eigenvalue weighted by Gasteiger charge is -2.36. The van der Waals surface area contributed by atoms with E-state index in [0.717, 1.165) is 38.9 Å². The third kappa shape index (κ3) is 10.5. The first-order valence-electron chi connectivity index (χ1n) is 22.0. The predicted molar refractivity (Wildman–Crippen MR) is 265 cm³/mol. The van der Waals surface area contributed by atoms with E-state index in [1.807, 2.05) is 218 Å². The van der Waals surface area contributed by atoms with Gasteiger partial charge < -0.3 is 15.2 Å². The highest BCUT2D eigenvalue weighted by atomic mass is 32.1. The number of anilines is 1. The number of hydroxylamine groups is 2. The molecule has 0 bridgehead atoms. The first-order chi connectivity index (χ1) is 34.0. The molecule has 0 atom stereocenters. The van der Waals surface area contributed by atoms with E-state index < -0.39 is 29.4 Å². The number of ether oxygens (including phenoxy) is 1. The molecule has 0 aliphatic carbocycles. The zero-order valence-corrected chi connectivity index (χ0v) is 37.8. The monoisotopic (exact) mass is 928 g/mol. The van der Waals surface area contributed by atoms with E-state index in [4.69, 9.17) is 24.4 Å². The maximum absolute atomic E-state index is 12.8. The summed E-state index contributed by atoms with van der Waals surface area (Å²) in [6.07, 6.45) is 1.84. The normalized spacial score (nSPS) is 12.8. The van der Waals surface area contributed by atoms with Crippen molar-refractivity contribution >= 4 is 34.1 Å². The van der Waals surface area contributed by atoms with E-state index in [0.29, 0.717) is 10.8 Å². The Bertz CT molecular complexity index is 2920. The van der Waals surface area contributed by atoms with Crippen LogP contribution in [0.4, 0.5) is 5.13 Å². The summed E-state index contributed by atoms with van der Waals surface area (Å²) in [5.74, 6) is 0.812. The number of carboxylic acid groups (broad SMARTS) is 1. The molecular weight excluding hydrogens is 885 g/mol. The first kappa shape index (κ1) is 45.5. The first-order valence-corrected chi connectivity index (χ1v) is 22.9. The van der Waals surface area contributed by atoms with Crippen LogP contribution in [0, 0.1) is 0 Å². The number of hydrogen-bond acceptors (Lipinski definition) is 11. The maximum atomic E-state index is 12.8. The quantitative estimate of drug-likeness (QED) is 0.0202. The number of carbonyl (C=O) groups is 1. The van der Waals surface area contributed by atoms with Gasteiger partial charge >= 0.3 is 5.97 Å². The summed E-state index contributed by atoms with van der Waals surface area (Å²) in [4.78, 5) is 48.0. The number of nitrogens with zero attached hydrogens (tertiary/aromatic N) is 3. The number of rotatable bonds is 19. The number of aromatic nitrogens is 1. The summed E-state index contributed by atoms with van der Waals surface area (Å²) >= 11 is 1.22. The van der Waals surface area contributed by atoms with Crippen LogP contribution in [0.25, 0.3) is 0 Å². The maximum Gasteiger partial charge on any atom is 0.360 e. The Morgan fingerprint density at radius 2 is 1.09 bits per heavy atom. The van der Waals surface area contributed by atoms with Crippen molar-refractivity contribution in [2.75, 3.05) is 11.9 Å². The molecule has 0 fully saturated rings. The van der Waals surface area contributed by atoms with Crippen molar-refractivity contribution in [3.8, 4) is 0 Å². The van der Waals surface area contributed by atoms with Crippen molar-refractivity contribution in [3.63, 3.8) is 0 Å². The second-order valence-electron chi connectivity index (χ2n) is 15.7. The molecule has 0 unspecified atom stereocenters. The number of allylic oxidation sites excluding steroid dienone is 1. The number of oxime groups is 1. The summed E-state index contributed by atoms with van der Waals surface area (Å²) in [5, 5.41) is 21.5. The highest BCUT2D eigenvalue weighted by molar-refractivity contribution is 7.14. The van der Waals surface area contributed by atoms with Crippen LogP contribution in [-0.4, -0.2) is 39.4 Å². The minimum atomic E-state index is -1.39. The molecule has 0 saturated heterocycles. The zero-order valence-electron chi connectivity index (χ0n) is 36.9. The topological polar surface area (TPSA) is 132 Å². The molecule has 0 radical (unpaired) electrons. The summed E-state index contributed by atoms with van der Waals surface area (Å²) in [7, 11) is 0. The van der Waals surface area contributed by atoms with Gasteiger partial charge in [0.05, 0.1) is 11.9 Å². The molecule has 2 N–H and O–H groups in total. The Balaban J connectivity index is 1.00. The van der Waals surface area contributed by atoms with Gasteiger partial charge in [0.1, 0.15) is 41.6 Å². The highest BCUT2D eigenvalue weighted by Gasteiger charge is 2.37. The fourth-order valence-electron chi connectivity index (χ4n) is 8.06. The van der Waals surface area contributed by atoms with Crippen molar-refractivity contribution in [1.82, 2.24) is 10.0 Å². The number of hydrogen-bond donors (Lipinski definition) is 2. The van der Waals surface area contributed by atoms with Crippen LogP contribution in [0.15, 0.2) is 252 Å². The predicted octanol–water partition coefficient (Wildman–Crippen LogP) is 11.6. The second kappa shape index (κ2) is 21.8. The van der Waals surface area contributed by atoms with Crippen LogP contribution in [0.1, 0.15) is 56.8 Å². The third-order valence-corrected chi connectivity index (χ3v) is 12.1. The van der Waals surface area contributed by atoms with Crippen LogP contribution in [0.3, 0.4) is 0 Å². The molecule has 1 aliphatic heterocycles. The molecule has 11 nitrogen and oxygen atoms in total. The van der Waals surface area contributed by atoms with Crippen molar-refractivity contribution in [1.29, 1.82) is 0 Å². The molecule has 12 heteroatoms. The molecular formula is C57H44N4O7S. The molecule has 0 saturated carbocycles. The van der Waals surface area contributed by atoms with Crippen LogP contribution < -0.4 is 5.32 Å². The number of benzene rings is 7. The summed E-state index contributed by atoms with van der Waals surface area (Å²) in [5.41, 5.74) is 5.27. The molecule has 69 heavy (non-hydrogen) atoms. The van der Waals surface area contributed by atoms with Gasteiger partial charge in [0.2, 0.25) is 5.71 Å². The second-order valence-corrected chi connectivity index (χ2v) is 16.5. The van der Waals surface area contributed by atoms with Crippen molar-refractivity contribution in [3.05, 3.63) is 292 Å². The van der Waals surface area contributed by atoms with Gasteiger partial charge in [-0.25, -0.2) is 24.6 Å². The summed E-state index contributed by atoms with van der Waals surface area (Å²) < 4.78 is 6.70. The standard InChI is InChI=1S/C57H44N4O7S/c62-38-45-36-49(61(67-54(43-26-12-3-13-27-43)44-28-14-4-15-29-44)37-51(45)66-53(41-22-8-1-9-23-41)42-24-10-2-11-25-42)39-65-68-60-52(55(63)64)50-40-69-56(58-50)59-57(46-30-16-5-17-31-46,47-32-18-6-19-33-47)48-34-20-7-21-35-48/h1-37,40,53-54H,39H2,(H,58,59)(H,63,64)/b60-52-. The fraction of sp³-hybridized carbons (Fsp3) is 0.0702. The molecule has 1 aromatic heterocycles. The summed E-state index contributed by atoms with van der Waals surface area (Å²) in [6, 6.07) is 68.7. The Hall–Kier alpha value is -8.64. The third-order valence-electron chi connectivity index (χ3n) is 11.3. The largest absolute Gasteiger partial charge is 0.478 e. The SMILES string of the molecule is O=C=C1C=C(COO/N=C(\C(=O)O)c2csc(NC(c3ccccc3)(c3ccccc3)c3ccccc3)n2)N(OC(c2ccccc2)c2ccccc2)C=C1OC(c1ccccc1)c1ccccc1. The van der Waals surface area contributed by atoms with Crippen LogP contribution in [0.5, 0.6) is 0 Å².